The first-order valence-corrected chi connectivity index (χ1v) is 6.92. The van der Waals surface area contributed by atoms with Crippen LogP contribution in [0.4, 0.5) is 5.69 Å². The Kier molecular flexibility index (Phi) is 5.64. The molecule has 1 N–H and O–H groups in total. The molecule has 0 radical (unpaired) electrons. The molecule has 0 fully saturated rings. The van der Waals surface area contributed by atoms with Crippen molar-refractivity contribution in [2.24, 2.45) is 0 Å². The molecular formula is C13H17BrN2O4. The maximum atomic E-state index is 12.0. The van der Waals surface area contributed by atoms with Crippen LogP contribution in [0.3, 0.4) is 0 Å². The van der Waals surface area contributed by atoms with Crippen LogP contribution >= 0.6 is 15.9 Å². The SMILES string of the molecule is CCOC(C)(C)CNC(=O)c1ccc(Br)c([N+](=O)[O-])c1. The van der Waals surface area contributed by atoms with E-state index in [1.807, 2.05) is 20.8 Å². The van der Waals surface area contributed by atoms with E-state index in [1.54, 1.807) is 0 Å². The van der Waals surface area contributed by atoms with Crippen molar-refractivity contribution in [2.75, 3.05) is 13.2 Å². The average Bonchev–Trinajstić information content (AvgIpc) is 2.36. The molecule has 0 unspecified atom stereocenters. The van der Waals surface area contributed by atoms with Gasteiger partial charge in [0.25, 0.3) is 11.6 Å². The van der Waals surface area contributed by atoms with Gasteiger partial charge in [-0.25, -0.2) is 0 Å². The van der Waals surface area contributed by atoms with Crippen LogP contribution in [0.2, 0.25) is 0 Å². The minimum atomic E-state index is -0.537. The van der Waals surface area contributed by atoms with Crippen molar-refractivity contribution < 1.29 is 14.5 Å². The lowest BCUT2D eigenvalue weighted by Gasteiger charge is -2.24. The Balaban J connectivity index is 2.78. The first-order valence-electron chi connectivity index (χ1n) is 6.13. The van der Waals surface area contributed by atoms with Crippen LogP contribution in [-0.4, -0.2) is 29.6 Å². The summed E-state index contributed by atoms with van der Waals surface area (Å²) in [7, 11) is 0. The molecule has 1 rings (SSSR count). The predicted octanol–water partition coefficient (Wildman–Crippen LogP) is 2.90. The molecule has 0 saturated carbocycles. The van der Waals surface area contributed by atoms with Crippen LogP contribution in [0.1, 0.15) is 31.1 Å². The zero-order valence-corrected chi connectivity index (χ0v) is 13.2. The molecule has 20 heavy (non-hydrogen) atoms. The third kappa shape index (κ3) is 4.57. The van der Waals surface area contributed by atoms with Crippen molar-refractivity contribution in [2.45, 2.75) is 26.4 Å². The molecule has 1 aromatic rings. The van der Waals surface area contributed by atoms with E-state index in [1.165, 1.54) is 18.2 Å². The number of carbonyl (C=O) groups excluding carboxylic acids is 1. The zero-order valence-electron chi connectivity index (χ0n) is 11.6. The lowest BCUT2D eigenvalue weighted by molar-refractivity contribution is -0.385. The van der Waals surface area contributed by atoms with Crippen molar-refractivity contribution >= 4 is 27.5 Å². The summed E-state index contributed by atoms with van der Waals surface area (Å²) in [6, 6.07) is 4.26. The van der Waals surface area contributed by atoms with Gasteiger partial charge in [0, 0.05) is 24.8 Å². The van der Waals surface area contributed by atoms with Gasteiger partial charge in [0.1, 0.15) is 0 Å². The van der Waals surface area contributed by atoms with Gasteiger partial charge in [-0.15, -0.1) is 0 Å². The Morgan fingerprint density at radius 1 is 1.50 bits per heavy atom. The molecule has 0 spiro atoms. The molecule has 0 heterocycles. The highest BCUT2D eigenvalue weighted by molar-refractivity contribution is 9.10. The fourth-order valence-corrected chi connectivity index (χ4v) is 2.02. The summed E-state index contributed by atoms with van der Waals surface area (Å²) in [6.07, 6.45) is 0. The van der Waals surface area contributed by atoms with Crippen LogP contribution in [0.25, 0.3) is 0 Å². The van der Waals surface area contributed by atoms with Crippen LogP contribution in [0, 0.1) is 10.1 Å². The van der Waals surface area contributed by atoms with E-state index in [-0.39, 0.29) is 17.2 Å². The summed E-state index contributed by atoms with van der Waals surface area (Å²) < 4.78 is 5.81. The van der Waals surface area contributed by atoms with Crippen molar-refractivity contribution in [3.8, 4) is 0 Å². The Labute approximate surface area is 125 Å². The van der Waals surface area contributed by atoms with Gasteiger partial charge in [-0.2, -0.15) is 0 Å². The number of hydrogen-bond donors (Lipinski definition) is 1. The zero-order chi connectivity index (χ0) is 15.3. The Hall–Kier alpha value is -1.47. The van der Waals surface area contributed by atoms with E-state index in [4.69, 9.17) is 4.74 Å². The molecule has 110 valence electrons. The Morgan fingerprint density at radius 3 is 2.70 bits per heavy atom. The van der Waals surface area contributed by atoms with Gasteiger partial charge in [0.15, 0.2) is 0 Å². The van der Waals surface area contributed by atoms with Gasteiger partial charge in [0.2, 0.25) is 0 Å². The monoisotopic (exact) mass is 344 g/mol. The van der Waals surface area contributed by atoms with Gasteiger partial charge in [-0.05, 0) is 48.8 Å². The highest BCUT2D eigenvalue weighted by Gasteiger charge is 2.20. The summed E-state index contributed by atoms with van der Waals surface area (Å²) in [5, 5.41) is 13.5. The van der Waals surface area contributed by atoms with Gasteiger partial charge in [0.05, 0.1) is 15.0 Å². The van der Waals surface area contributed by atoms with E-state index in [0.717, 1.165) is 0 Å². The summed E-state index contributed by atoms with van der Waals surface area (Å²) in [4.78, 5) is 22.3. The molecule has 7 heteroatoms. The fraction of sp³-hybridized carbons (Fsp3) is 0.462. The summed E-state index contributed by atoms with van der Waals surface area (Å²) in [5.74, 6) is -0.367. The number of carbonyl (C=O) groups is 1. The molecule has 0 saturated heterocycles. The quantitative estimate of drug-likeness (QED) is 0.635. The van der Waals surface area contributed by atoms with Crippen molar-refractivity contribution in [3.63, 3.8) is 0 Å². The number of halogens is 1. The topological polar surface area (TPSA) is 81.5 Å². The van der Waals surface area contributed by atoms with Crippen molar-refractivity contribution in [1.29, 1.82) is 0 Å². The number of nitrogens with one attached hydrogen (secondary N) is 1. The first-order chi connectivity index (χ1) is 9.26. The molecule has 6 nitrogen and oxygen atoms in total. The summed E-state index contributed by atoms with van der Waals surface area (Å²) in [6.45, 7) is 6.47. The highest BCUT2D eigenvalue weighted by atomic mass is 79.9. The molecule has 0 atom stereocenters. The predicted molar refractivity (Wildman–Crippen MR) is 78.8 cm³/mol. The minimum Gasteiger partial charge on any atom is -0.374 e. The van der Waals surface area contributed by atoms with Gasteiger partial charge in [-0.3, -0.25) is 14.9 Å². The minimum absolute atomic E-state index is 0.137. The van der Waals surface area contributed by atoms with Gasteiger partial charge in [-0.1, -0.05) is 0 Å². The number of rotatable bonds is 6. The summed E-state index contributed by atoms with van der Waals surface area (Å²) >= 11 is 3.08. The molecule has 0 aliphatic rings. The standard InChI is InChI=1S/C13H17BrN2O4/c1-4-20-13(2,3)8-15-12(17)9-5-6-10(14)11(7-9)16(18)19/h5-7H,4,8H2,1-3H3,(H,15,17). The number of nitro groups is 1. The highest BCUT2D eigenvalue weighted by Crippen LogP contribution is 2.25. The van der Waals surface area contributed by atoms with Gasteiger partial charge >= 0.3 is 0 Å². The maximum Gasteiger partial charge on any atom is 0.284 e. The van der Waals surface area contributed by atoms with Crippen LogP contribution in [-0.2, 0) is 4.74 Å². The lowest BCUT2D eigenvalue weighted by Crippen LogP contribution is -2.40. The normalized spacial score (nSPS) is 11.2. The molecule has 1 aromatic carbocycles. The second-order valence-electron chi connectivity index (χ2n) is 4.80. The second-order valence-corrected chi connectivity index (χ2v) is 5.65. The molecule has 0 aliphatic carbocycles. The first kappa shape index (κ1) is 16.6. The number of ether oxygens (including phenoxy) is 1. The number of nitrogens with zero attached hydrogens (tertiary/aromatic N) is 1. The lowest BCUT2D eigenvalue weighted by atomic mass is 10.1. The third-order valence-corrected chi connectivity index (χ3v) is 3.29. The molecule has 0 aliphatic heterocycles. The summed E-state index contributed by atoms with van der Waals surface area (Å²) in [5.41, 5.74) is -0.375. The van der Waals surface area contributed by atoms with Crippen molar-refractivity contribution in [3.05, 3.63) is 38.3 Å². The van der Waals surface area contributed by atoms with E-state index in [2.05, 4.69) is 21.2 Å². The van der Waals surface area contributed by atoms with Crippen LogP contribution < -0.4 is 5.32 Å². The van der Waals surface area contributed by atoms with E-state index in [9.17, 15) is 14.9 Å². The Bertz CT molecular complexity index is 517. The van der Waals surface area contributed by atoms with E-state index in [0.29, 0.717) is 17.6 Å². The molecule has 0 bridgehead atoms. The maximum absolute atomic E-state index is 12.0. The average molecular weight is 345 g/mol. The van der Waals surface area contributed by atoms with Crippen molar-refractivity contribution in [1.82, 2.24) is 5.32 Å². The largest absolute Gasteiger partial charge is 0.374 e. The number of benzene rings is 1. The Morgan fingerprint density at radius 2 is 2.15 bits per heavy atom. The molecule has 1 amide bonds. The van der Waals surface area contributed by atoms with Crippen LogP contribution in [0.15, 0.2) is 22.7 Å². The molecule has 0 aromatic heterocycles. The van der Waals surface area contributed by atoms with Crippen LogP contribution in [0.5, 0.6) is 0 Å². The number of nitro benzene ring substituents is 1. The number of amides is 1. The van der Waals surface area contributed by atoms with Gasteiger partial charge < -0.3 is 10.1 Å². The van der Waals surface area contributed by atoms with E-state index >= 15 is 0 Å². The van der Waals surface area contributed by atoms with E-state index < -0.39 is 10.5 Å². The number of hydrogen-bond acceptors (Lipinski definition) is 4. The third-order valence-electron chi connectivity index (χ3n) is 2.61. The smallest absolute Gasteiger partial charge is 0.284 e. The second kappa shape index (κ2) is 6.81. The molecular weight excluding hydrogens is 328 g/mol. The fourth-order valence-electron chi connectivity index (χ4n) is 1.63.